The lowest BCUT2D eigenvalue weighted by Gasteiger charge is -2.05. The van der Waals surface area contributed by atoms with Crippen LogP contribution in [0, 0.1) is 0 Å². The maximum atomic E-state index is 12.8. The molecule has 0 aliphatic carbocycles. The molecule has 0 fully saturated rings. The third-order valence-electron chi connectivity index (χ3n) is 3.95. The zero-order valence-corrected chi connectivity index (χ0v) is 16.5. The number of aromatic amines is 1. The maximum Gasteiger partial charge on any atom is 0.354 e. The number of hydrogen-bond acceptors (Lipinski definition) is 4. The van der Waals surface area contributed by atoms with Crippen LogP contribution < -0.4 is 5.43 Å². The standard InChI is InChI=1S/C20H18BrN3O3/c1-3-27-20(26)12(2)23-24-19(25)18-17(13-7-5-4-6-8-13)15-11-14(21)9-10-16(15)22-18/h4-11,22H,3H2,1-2H3,(H,24,25). The second-order valence-electron chi connectivity index (χ2n) is 5.79. The number of ether oxygens (including phenoxy) is 1. The normalized spacial score (nSPS) is 11.4. The van der Waals surface area contributed by atoms with E-state index >= 15 is 0 Å². The molecule has 0 unspecified atom stereocenters. The number of amides is 1. The highest BCUT2D eigenvalue weighted by molar-refractivity contribution is 9.10. The van der Waals surface area contributed by atoms with Crippen LogP contribution in [0.3, 0.4) is 0 Å². The van der Waals surface area contributed by atoms with Gasteiger partial charge in [0.2, 0.25) is 0 Å². The second-order valence-corrected chi connectivity index (χ2v) is 6.71. The summed E-state index contributed by atoms with van der Waals surface area (Å²) in [7, 11) is 0. The molecule has 3 rings (SSSR count). The summed E-state index contributed by atoms with van der Waals surface area (Å²) >= 11 is 3.48. The van der Waals surface area contributed by atoms with E-state index in [2.05, 4.69) is 31.4 Å². The highest BCUT2D eigenvalue weighted by Gasteiger charge is 2.19. The third kappa shape index (κ3) is 4.09. The van der Waals surface area contributed by atoms with Crippen LogP contribution in [0.15, 0.2) is 58.1 Å². The van der Waals surface area contributed by atoms with E-state index in [1.54, 1.807) is 6.92 Å². The molecule has 138 valence electrons. The van der Waals surface area contributed by atoms with E-state index in [0.29, 0.717) is 5.69 Å². The Balaban J connectivity index is 2.02. The largest absolute Gasteiger partial charge is 0.461 e. The van der Waals surface area contributed by atoms with Gasteiger partial charge in [-0.15, -0.1) is 0 Å². The van der Waals surface area contributed by atoms with Crippen LogP contribution in [-0.4, -0.2) is 29.2 Å². The summed E-state index contributed by atoms with van der Waals surface area (Å²) in [4.78, 5) is 27.6. The van der Waals surface area contributed by atoms with Crippen molar-refractivity contribution in [2.24, 2.45) is 5.10 Å². The Morgan fingerprint density at radius 1 is 1.19 bits per heavy atom. The van der Waals surface area contributed by atoms with Crippen LogP contribution in [0.4, 0.5) is 0 Å². The van der Waals surface area contributed by atoms with E-state index in [4.69, 9.17) is 4.74 Å². The number of hydrogen-bond donors (Lipinski definition) is 2. The average Bonchev–Trinajstić information content (AvgIpc) is 3.05. The molecule has 1 heterocycles. The number of esters is 1. The number of fused-ring (bicyclic) bond motifs is 1. The van der Waals surface area contributed by atoms with E-state index in [-0.39, 0.29) is 12.3 Å². The average molecular weight is 428 g/mol. The van der Waals surface area contributed by atoms with E-state index in [1.807, 2.05) is 48.5 Å². The zero-order chi connectivity index (χ0) is 19.4. The molecule has 0 bridgehead atoms. The second kappa shape index (κ2) is 8.18. The van der Waals surface area contributed by atoms with Gasteiger partial charge in [-0.05, 0) is 37.6 Å². The molecule has 0 aliphatic heterocycles. The summed E-state index contributed by atoms with van der Waals surface area (Å²) in [6.45, 7) is 3.44. The molecule has 2 N–H and O–H groups in total. The van der Waals surface area contributed by atoms with Gasteiger partial charge in [0.25, 0.3) is 5.91 Å². The minimum atomic E-state index is -0.568. The molecule has 0 saturated carbocycles. The number of carbonyl (C=O) groups is 2. The molecule has 0 spiro atoms. The fourth-order valence-electron chi connectivity index (χ4n) is 2.71. The van der Waals surface area contributed by atoms with Crippen LogP contribution in [0.25, 0.3) is 22.0 Å². The van der Waals surface area contributed by atoms with E-state index in [0.717, 1.165) is 26.5 Å². The van der Waals surface area contributed by atoms with E-state index < -0.39 is 11.9 Å². The zero-order valence-electron chi connectivity index (χ0n) is 14.9. The van der Waals surface area contributed by atoms with Crippen molar-refractivity contribution in [2.75, 3.05) is 6.61 Å². The van der Waals surface area contributed by atoms with E-state index in [1.165, 1.54) is 6.92 Å². The molecule has 2 aromatic carbocycles. The Hall–Kier alpha value is -2.93. The summed E-state index contributed by atoms with van der Waals surface area (Å²) in [5.41, 5.74) is 5.37. The third-order valence-corrected chi connectivity index (χ3v) is 4.44. The van der Waals surface area contributed by atoms with Crippen LogP contribution in [0.1, 0.15) is 24.3 Å². The molecule has 27 heavy (non-hydrogen) atoms. The van der Waals surface area contributed by atoms with Crippen LogP contribution >= 0.6 is 15.9 Å². The van der Waals surface area contributed by atoms with Crippen molar-refractivity contribution >= 4 is 44.4 Å². The Labute approximate surface area is 164 Å². The smallest absolute Gasteiger partial charge is 0.354 e. The molecular formula is C20H18BrN3O3. The predicted molar refractivity (Wildman–Crippen MR) is 109 cm³/mol. The molecule has 7 heteroatoms. The minimum absolute atomic E-state index is 0.0744. The van der Waals surface area contributed by atoms with Gasteiger partial charge in [0.15, 0.2) is 0 Å². The van der Waals surface area contributed by atoms with Crippen molar-refractivity contribution in [3.8, 4) is 11.1 Å². The number of nitrogens with one attached hydrogen (secondary N) is 2. The number of halogens is 1. The Kier molecular flexibility index (Phi) is 5.71. The predicted octanol–water partition coefficient (Wildman–Crippen LogP) is 4.27. The van der Waals surface area contributed by atoms with E-state index in [9.17, 15) is 9.59 Å². The van der Waals surface area contributed by atoms with Gasteiger partial charge < -0.3 is 9.72 Å². The molecule has 3 aromatic rings. The van der Waals surface area contributed by atoms with Crippen molar-refractivity contribution in [1.29, 1.82) is 0 Å². The first-order valence-electron chi connectivity index (χ1n) is 8.39. The number of nitrogens with zero attached hydrogens (tertiary/aromatic N) is 1. The van der Waals surface area contributed by atoms with Crippen molar-refractivity contribution in [2.45, 2.75) is 13.8 Å². The Bertz CT molecular complexity index is 1030. The van der Waals surface area contributed by atoms with Gasteiger partial charge >= 0.3 is 5.97 Å². The van der Waals surface area contributed by atoms with Crippen LogP contribution in [0.2, 0.25) is 0 Å². The summed E-state index contributed by atoms with van der Waals surface area (Å²) < 4.78 is 5.77. The number of H-pyrrole nitrogens is 1. The Morgan fingerprint density at radius 3 is 2.63 bits per heavy atom. The topological polar surface area (TPSA) is 83.5 Å². The lowest BCUT2D eigenvalue weighted by molar-refractivity contribution is -0.135. The van der Waals surface area contributed by atoms with Crippen molar-refractivity contribution in [1.82, 2.24) is 10.4 Å². The van der Waals surface area contributed by atoms with Gasteiger partial charge in [-0.1, -0.05) is 46.3 Å². The molecule has 0 saturated heterocycles. The fraction of sp³-hybridized carbons (Fsp3) is 0.150. The van der Waals surface area contributed by atoms with Crippen molar-refractivity contribution in [3.63, 3.8) is 0 Å². The van der Waals surface area contributed by atoms with Gasteiger partial charge in [-0.25, -0.2) is 10.2 Å². The quantitative estimate of drug-likeness (QED) is 0.362. The highest BCUT2D eigenvalue weighted by Crippen LogP contribution is 2.34. The summed E-state index contributed by atoms with van der Waals surface area (Å²) in [5, 5.41) is 4.76. The van der Waals surface area contributed by atoms with Gasteiger partial charge in [0, 0.05) is 20.9 Å². The van der Waals surface area contributed by atoms with Gasteiger partial charge in [0.05, 0.1) is 6.61 Å². The van der Waals surface area contributed by atoms with Crippen molar-refractivity contribution < 1.29 is 14.3 Å². The molecule has 1 aromatic heterocycles. The van der Waals surface area contributed by atoms with Gasteiger partial charge in [-0.2, -0.15) is 5.10 Å². The first-order valence-corrected chi connectivity index (χ1v) is 9.19. The first-order chi connectivity index (χ1) is 13.0. The SMILES string of the molecule is CCOC(=O)C(C)=NNC(=O)c1[nH]c2ccc(Br)cc2c1-c1ccccc1. The minimum Gasteiger partial charge on any atom is -0.461 e. The van der Waals surface area contributed by atoms with Gasteiger partial charge in [0.1, 0.15) is 11.4 Å². The maximum absolute atomic E-state index is 12.8. The number of hydrazone groups is 1. The lowest BCUT2D eigenvalue weighted by Crippen LogP contribution is -2.23. The summed E-state index contributed by atoms with van der Waals surface area (Å²) in [5.74, 6) is -1.01. The first kappa shape index (κ1) is 18.8. The Morgan fingerprint density at radius 2 is 1.93 bits per heavy atom. The van der Waals surface area contributed by atoms with Crippen molar-refractivity contribution in [3.05, 3.63) is 58.7 Å². The monoisotopic (exact) mass is 427 g/mol. The summed E-state index contributed by atoms with van der Waals surface area (Å²) in [6.07, 6.45) is 0. The number of aromatic nitrogens is 1. The number of benzene rings is 2. The van der Waals surface area contributed by atoms with Gasteiger partial charge in [-0.3, -0.25) is 4.79 Å². The lowest BCUT2D eigenvalue weighted by atomic mass is 10.0. The highest BCUT2D eigenvalue weighted by atomic mass is 79.9. The van der Waals surface area contributed by atoms with Crippen LogP contribution in [-0.2, 0) is 9.53 Å². The number of rotatable bonds is 5. The van der Waals surface area contributed by atoms with Crippen LogP contribution in [0.5, 0.6) is 0 Å². The molecular weight excluding hydrogens is 410 g/mol. The number of carbonyl (C=O) groups excluding carboxylic acids is 2. The molecule has 0 aliphatic rings. The molecule has 1 amide bonds. The fourth-order valence-corrected chi connectivity index (χ4v) is 3.07. The molecule has 6 nitrogen and oxygen atoms in total. The molecule has 0 radical (unpaired) electrons. The molecule has 0 atom stereocenters. The summed E-state index contributed by atoms with van der Waals surface area (Å²) in [6, 6.07) is 15.4.